The van der Waals surface area contributed by atoms with E-state index in [9.17, 15) is 14.4 Å². The number of methoxy groups -OCH3 is 2. The van der Waals surface area contributed by atoms with E-state index in [1.807, 2.05) is 78.9 Å². The van der Waals surface area contributed by atoms with Crippen LogP contribution in [0, 0.1) is 0 Å². The monoisotopic (exact) mass is 604 g/mol. The molecule has 0 atom stereocenters. The van der Waals surface area contributed by atoms with Crippen LogP contribution in [0.2, 0.25) is 0 Å². The van der Waals surface area contributed by atoms with Gasteiger partial charge in [-0.1, -0.05) is 60.7 Å². The van der Waals surface area contributed by atoms with Crippen molar-refractivity contribution >= 4 is 51.4 Å². The normalized spacial score (nSPS) is 9.86. The van der Waals surface area contributed by atoms with Crippen molar-refractivity contribution in [3.8, 4) is 23.0 Å². The number of aliphatic carboxylic acids is 1. The number of carboxylic acids is 2. The molecule has 0 aliphatic heterocycles. The van der Waals surface area contributed by atoms with Gasteiger partial charge >= 0.3 is 11.9 Å². The first-order valence-corrected chi connectivity index (χ1v) is 14.2. The lowest BCUT2D eigenvalue weighted by atomic mass is 10.2. The number of benzene rings is 4. The second-order valence-corrected chi connectivity index (χ2v) is 10.2. The molecule has 0 saturated carbocycles. The maximum Gasteiger partial charge on any atom is 0.345 e. The zero-order valence-corrected chi connectivity index (χ0v) is 24.4. The van der Waals surface area contributed by atoms with Gasteiger partial charge in [-0.05, 0) is 47.9 Å². The lowest BCUT2D eigenvalue weighted by Crippen LogP contribution is -2.00. The number of aldehydes is 1. The van der Waals surface area contributed by atoms with E-state index in [1.165, 1.54) is 18.4 Å². The number of carbonyl (C=O) groups is 3. The van der Waals surface area contributed by atoms with Gasteiger partial charge in [-0.2, -0.15) is 0 Å². The van der Waals surface area contributed by atoms with Crippen molar-refractivity contribution in [2.75, 3.05) is 20.0 Å². The van der Waals surface area contributed by atoms with Crippen LogP contribution in [0.5, 0.6) is 23.0 Å². The van der Waals surface area contributed by atoms with Crippen molar-refractivity contribution in [1.29, 1.82) is 0 Å². The standard InChI is InChI=1S/C12H10O.C10H10O4S.C10H8O3S/c1-3-7-11(8-4-1)13-12-9-5-2-6-10-12;1-14-8-4-2-3-7(5-11)10(8)15-6-9(12)13;1-13-7-4-2-3-6-5-8(10(11)12)14-9(6)7/h1-10H;2-5H,6H2,1H3,(H,12,13);2-5H,1H3,(H,11,12). The molecule has 0 bridgehead atoms. The molecule has 42 heavy (non-hydrogen) atoms. The SMILES string of the molecule is COc1cccc(C=O)c1SCC(=O)O.COc1cccc2cc(C(=O)O)sc12.c1ccc(Oc2ccccc2)cc1. The smallest absolute Gasteiger partial charge is 0.345 e. The average molecular weight is 605 g/mol. The molecule has 0 saturated heterocycles. The summed E-state index contributed by atoms with van der Waals surface area (Å²) < 4.78 is 16.6. The highest BCUT2D eigenvalue weighted by atomic mass is 32.2. The van der Waals surface area contributed by atoms with Gasteiger partial charge in [0.2, 0.25) is 0 Å². The molecule has 0 unspecified atom stereocenters. The van der Waals surface area contributed by atoms with Gasteiger partial charge in [0.05, 0.1) is 29.6 Å². The van der Waals surface area contributed by atoms with E-state index in [2.05, 4.69) is 0 Å². The highest BCUT2D eigenvalue weighted by molar-refractivity contribution is 8.00. The number of carboxylic acid groups (broad SMARTS) is 2. The molecule has 0 radical (unpaired) electrons. The summed E-state index contributed by atoms with van der Waals surface area (Å²) >= 11 is 2.31. The molecule has 1 heterocycles. The summed E-state index contributed by atoms with van der Waals surface area (Å²) in [6.07, 6.45) is 0.687. The molecule has 2 N–H and O–H groups in total. The van der Waals surface area contributed by atoms with Crippen molar-refractivity contribution in [3.05, 3.63) is 114 Å². The van der Waals surface area contributed by atoms with Crippen LogP contribution in [0.25, 0.3) is 10.1 Å². The summed E-state index contributed by atoms with van der Waals surface area (Å²) in [6.45, 7) is 0. The zero-order chi connectivity index (χ0) is 30.3. The van der Waals surface area contributed by atoms with Gasteiger partial charge in [0.25, 0.3) is 0 Å². The Morgan fingerprint density at radius 3 is 1.88 bits per heavy atom. The van der Waals surface area contributed by atoms with E-state index < -0.39 is 11.9 Å². The molecule has 0 amide bonds. The molecule has 0 aliphatic carbocycles. The number of ether oxygens (including phenoxy) is 3. The van der Waals surface area contributed by atoms with Gasteiger partial charge in [0.1, 0.15) is 27.9 Å². The predicted octanol–water partition coefficient (Wildman–Crippen LogP) is 7.77. The number of thioether (sulfide) groups is 1. The highest BCUT2D eigenvalue weighted by Gasteiger charge is 2.11. The lowest BCUT2D eigenvalue weighted by molar-refractivity contribution is -0.133. The van der Waals surface area contributed by atoms with Crippen LogP contribution >= 0.6 is 23.1 Å². The van der Waals surface area contributed by atoms with Gasteiger partial charge in [-0.3, -0.25) is 9.59 Å². The first-order chi connectivity index (χ1) is 20.4. The average Bonchev–Trinajstić information content (AvgIpc) is 3.47. The largest absolute Gasteiger partial charge is 0.496 e. The third kappa shape index (κ3) is 9.39. The van der Waals surface area contributed by atoms with Gasteiger partial charge < -0.3 is 24.4 Å². The molecule has 1 aromatic heterocycles. The van der Waals surface area contributed by atoms with Crippen LogP contribution < -0.4 is 14.2 Å². The zero-order valence-electron chi connectivity index (χ0n) is 22.8. The van der Waals surface area contributed by atoms with Crippen LogP contribution in [0.1, 0.15) is 20.0 Å². The van der Waals surface area contributed by atoms with E-state index in [4.69, 9.17) is 24.4 Å². The number of thiophene rings is 1. The topological polar surface area (TPSA) is 119 Å². The Balaban J connectivity index is 0.000000173. The minimum atomic E-state index is -0.928. The summed E-state index contributed by atoms with van der Waals surface area (Å²) in [5, 5.41) is 18.3. The summed E-state index contributed by atoms with van der Waals surface area (Å²) in [6, 6.07) is 31.7. The molecule has 0 spiro atoms. The molecular weight excluding hydrogens is 576 g/mol. The molecule has 0 fully saturated rings. The second-order valence-electron chi connectivity index (χ2n) is 8.20. The van der Waals surface area contributed by atoms with Crippen molar-refractivity contribution in [2.45, 2.75) is 4.90 Å². The summed E-state index contributed by atoms with van der Waals surface area (Å²) in [5.74, 6) is 1.06. The molecule has 5 rings (SSSR count). The Morgan fingerprint density at radius 1 is 0.786 bits per heavy atom. The van der Waals surface area contributed by atoms with Crippen LogP contribution in [0.4, 0.5) is 0 Å². The van der Waals surface area contributed by atoms with E-state index >= 15 is 0 Å². The van der Waals surface area contributed by atoms with Crippen LogP contribution in [-0.4, -0.2) is 48.4 Å². The third-order valence-corrected chi connectivity index (χ3v) is 7.63. The Morgan fingerprint density at radius 2 is 1.36 bits per heavy atom. The van der Waals surface area contributed by atoms with Crippen molar-refractivity contribution in [3.63, 3.8) is 0 Å². The number of para-hydroxylation sites is 2. The minimum Gasteiger partial charge on any atom is -0.496 e. The van der Waals surface area contributed by atoms with E-state index in [0.717, 1.165) is 39.1 Å². The maximum absolute atomic E-state index is 10.7. The summed E-state index contributed by atoms with van der Waals surface area (Å²) in [7, 11) is 3.06. The molecule has 8 nitrogen and oxygen atoms in total. The van der Waals surface area contributed by atoms with Crippen molar-refractivity contribution < 1.29 is 38.8 Å². The first kappa shape index (κ1) is 31.7. The van der Waals surface area contributed by atoms with E-state index in [0.29, 0.717) is 27.4 Å². The lowest BCUT2D eigenvalue weighted by Gasteiger charge is -2.08. The maximum atomic E-state index is 10.7. The number of fused-ring (bicyclic) bond motifs is 1. The van der Waals surface area contributed by atoms with Gasteiger partial charge in [0.15, 0.2) is 6.29 Å². The number of carbonyl (C=O) groups excluding carboxylic acids is 1. The Hall–Kier alpha value is -4.80. The Kier molecular flexibility index (Phi) is 12.4. The van der Waals surface area contributed by atoms with Crippen molar-refractivity contribution in [1.82, 2.24) is 0 Å². The molecule has 10 heteroatoms. The van der Waals surface area contributed by atoms with E-state index in [-0.39, 0.29) is 5.75 Å². The second kappa shape index (κ2) is 16.5. The summed E-state index contributed by atoms with van der Waals surface area (Å²) in [5.41, 5.74) is 0.445. The fourth-order valence-electron chi connectivity index (χ4n) is 3.49. The predicted molar refractivity (Wildman–Crippen MR) is 165 cm³/mol. The molecule has 0 aliphatic rings. The van der Waals surface area contributed by atoms with Gasteiger partial charge in [0, 0.05) is 5.56 Å². The number of hydrogen-bond acceptors (Lipinski definition) is 8. The highest BCUT2D eigenvalue weighted by Crippen LogP contribution is 2.33. The van der Waals surface area contributed by atoms with Crippen LogP contribution in [-0.2, 0) is 4.79 Å². The fourth-order valence-corrected chi connectivity index (χ4v) is 5.32. The summed E-state index contributed by atoms with van der Waals surface area (Å²) in [4.78, 5) is 32.8. The first-order valence-electron chi connectivity index (χ1n) is 12.4. The fraction of sp³-hybridized carbons (Fsp3) is 0.0938. The van der Waals surface area contributed by atoms with E-state index in [1.54, 1.807) is 31.4 Å². The minimum absolute atomic E-state index is 0.0960. The third-order valence-electron chi connectivity index (χ3n) is 5.36. The number of aromatic carboxylic acids is 1. The van der Waals surface area contributed by atoms with Gasteiger partial charge in [-0.25, -0.2) is 4.79 Å². The number of rotatable bonds is 9. The molecular formula is C32H28O8S2. The van der Waals surface area contributed by atoms with Crippen LogP contribution in [0.3, 0.4) is 0 Å². The Bertz CT molecular complexity index is 1560. The molecule has 4 aromatic carbocycles. The number of hydrogen-bond donors (Lipinski definition) is 2. The molecule has 216 valence electrons. The van der Waals surface area contributed by atoms with Crippen LogP contribution in [0.15, 0.2) is 108 Å². The van der Waals surface area contributed by atoms with Crippen molar-refractivity contribution in [2.24, 2.45) is 0 Å². The Labute approximate surface area is 251 Å². The molecule has 5 aromatic rings. The van der Waals surface area contributed by atoms with Gasteiger partial charge in [-0.15, -0.1) is 23.1 Å². The quantitative estimate of drug-likeness (QED) is 0.128.